The Kier molecular flexibility index (Phi) is 7.90. The van der Waals surface area contributed by atoms with E-state index in [1.807, 2.05) is 0 Å². The van der Waals surface area contributed by atoms with E-state index in [-0.39, 0.29) is 19.0 Å². The SMILES string of the molecule is CC(C)[N+](CCO)(C(C)C)C(C)C.[Cl-]. The predicted octanol–water partition coefficient (Wildman–Crippen LogP) is -0.975. The molecule has 0 saturated carbocycles. The van der Waals surface area contributed by atoms with Gasteiger partial charge in [-0.15, -0.1) is 0 Å². The van der Waals surface area contributed by atoms with Gasteiger partial charge in [-0.2, -0.15) is 0 Å². The van der Waals surface area contributed by atoms with Gasteiger partial charge in [0.15, 0.2) is 0 Å². The second-order valence-corrected chi connectivity index (χ2v) is 4.72. The van der Waals surface area contributed by atoms with Crippen molar-refractivity contribution < 1.29 is 22.0 Å². The largest absolute Gasteiger partial charge is 1.00 e. The molecule has 0 aromatic heterocycles. The molecule has 0 spiro atoms. The van der Waals surface area contributed by atoms with Gasteiger partial charge in [-0.25, -0.2) is 0 Å². The summed E-state index contributed by atoms with van der Waals surface area (Å²) in [6.45, 7) is 14.6. The van der Waals surface area contributed by atoms with Gasteiger partial charge in [-0.05, 0) is 41.5 Å². The predicted molar refractivity (Wildman–Crippen MR) is 57.6 cm³/mol. The van der Waals surface area contributed by atoms with Crippen molar-refractivity contribution in [2.45, 2.75) is 59.7 Å². The number of rotatable bonds is 5. The summed E-state index contributed by atoms with van der Waals surface area (Å²) in [4.78, 5) is 0. The van der Waals surface area contributed by atoms with Crippen molar-refractivity contribution in [3.8, 4) is 0 Å². The second-order valence-electron chi connectivity index (χ2n) is 4.72. The molecule has 0 aliphatic rings. The quantitative estimate of drug-likeness (QED) is 0.595. The molecule has 0 unspecified atom stereocenters. The molecule has 14 heavy (non-hydrogen) atoms. The lowest BCUT2D eigenvalue weighted by Crippen LogP contribution is -3.00. The number of nitrogens with zero attached hydrogens (tertiary/aromatic N) is 1. The molecule has 3 heteroatoms. The summed E-state index contributed by atoms with van der Waals surface area (Å²) in [5, 5.41) is 9.13. The highest BCUT2D eigenvalue weighted by Crippen LogP contribution is 2.23. The number of quaternary nitrogens is 1. The lowest BCUT2D eigenvalue weighted by atomic mass is 10.1. The van der Waals surface area contributed by atoms with E-state index in [2.05, 4.69) is 41.5 Å². The van der Waals surface area contributed by atoms with Crippen LogP contribution in [-0.4, -0.2) is 40.9 Å². The molecule has 0 aliphatic heterocycles. The van der Waals surface area contributed by atoms with Gasteiger partial charge in [-0.1, -0.05) is 0 Å². The molecular formula is C11H26ClNO. The molecule has 2 nitrogen and oxygen atoms in total. The zero-order valence-electron chi connectivity index (χ0n) is 10.4. The molecule has 0 bridgehead atoms. The average molecular weight is 224 g/mol. The Morgan fingerprint density at radius 2 is 1.14 bits per heavy atom. The number of aliphatic hydroxyl groups excluding tert-OH is 1. The average Bonchev–Trinajstić information content (AvgIpc) is 1.97. The third-order valence-corrected chi connectivity index (χ3v) is 3.37. The van der Waals surface area contributed by atoms with Crippen LogP contribution in [0.4, 0.5) is 0 Å². The topological polar surface area (TPSA) is 20.2 Å². The summed E-state index contributed by atoms with van der Waals surface area (Å²) in [6.07, 6.45) is 0. The Bertz CT molecular complexity index is 124. The standard InChI is InChI=1S/C11H26NO.ClH/c1-9(2)12(7-8-13,10(3)4)11(5)6;/h9-11,13H,7-8H2,1-6H3;1H/q+1;/p-1. The maximum Gasteiger partial charge on any atom is 0.103 e. The summed E-state index contributed by atoms with van der Waals surface area (Å²) >= 11 is 0. The van der Waals surface area contributed by atoms with Crippen LogP contribution in [0.5, 0.6) is 0 Å². The molecular weight excluding hydrogens is 198 g/mol. The Balaban J connectivity index is 0. The van der Waals surface area contributed by atoms with Crippen LogP contribution in [0.3, 0.4) is 0 Å². The zero-order chi connectivity index (χ0) is 10.6. The monoisotopic (exact) mass is 223 g/mol. The van der Waals surface area contributed by atoms with E-state index in [1.165, 1.54) is 0 Å². The molecule has 0 radical (unpaired) electrons. The van der Waals surface area contributed by atoms with Crippen molar-refractivity contribution in [2.75, 3.05) is 13.2 Å². The van der Waals surface area contributed by atoms with Gasteiger partial charge < -0.3 is 22.0 Å². The summed E-state index contributed by atoms with van der Waals surface area (Å²) in [5.74, 6) is 0. The van der Waals surface area contributed by atoms with Gasteiger partial charge in [0.1, 0.15) is 6.54 Å². The summed E-state index contributed by atoms with van der Waals surface area (Å²) in [5.41, 5.74) is 0. The smallest absolute Gasteiger partial charge is 0.103 e. The fourth-order valence-electron chi connectivity index (χ4n) is 2.74. The molecule has 0 aliphatic carbocycles. The number of hydrogen-bond acceptors (Lipinski definition) is 1. The van der Waals surface area contributed by atoms with Gasteiger partial charge in [0, 0.05) is 0 Å². The van der Waals surface area contributed by atoms with Crippen molar-refractivity contribution in [1.29, 1.82) is 0 Å². The van der Waals surface area contributed by atoms with Crippen molar-refractivity contribution in [3.05, 3.63) is 0 Å². The molecule has 0 heterocycles. The minimum absolute atomic E-state index is 0. The van der Waals surface area contributed by atoms with E-state index in [9.17, 15) is 0 Å². The maximum atomic E-state index is 9.13. The highest BCUT2D eigenvalue weighted by molar-refractivity contribution is 4.58. The fraction of sp³-hybridized carbons (Fsp3) is 1.00. The van der Waals surface area contributed by atoms with Crippen molar-refractivity contribution in [2.24, 2.45) is 0 Å². The molecule has 88 valence electrons. The van der Waals surface area contributed by atoms with Crippen molar-refractivity contribution in [3.63, 3.8) is 0 Å². The van der Waals surface area contributed by atoms with E-state index in [0.29, 0.717) is 18.1 Å². The van der Waals surface area contributed by atoms with Gasteiger partial charge in [0.05, 0.1) is 24.7 Å². The minimum Gasteiger partial charge on any atom is -1.00 e. The van der Waals surface area contributed by atoms with E-state index < -0.39 is 0 Å². The lowest BCUT2D eigenvalue weighted by Gasteiger charge is -2.49. The van der Waals surface area contributed by atoms with Gasteiger partial charge in [0.25, 0.3) is 0 Å². The molecule has 0 aromatic rings. The third kappa shape index (κ3) is 3.11. The first-order chi connectivity index (χ1) is 5.89. The summed E-state index contributed by atoms with van der Waals surface area (Å²) < 4.78 is 1.01. The van der Waals surface area contributed by atoms with Gasteiger partial charge in [-0.3, -0.25) is 0 Å². The number of hydrogen-bond donors (Lipinski definition) is 1. The van der Waals surface area contributed by atoms with Crippen LogP contribution in [0.15, 0.2) is 0 Å². The van der Waals surface area contributed by atoms with E-state index in [1.54, 1.807) is 0 Å². The lowest BCUT2D eigenvalue weighted by molar-refractivity contribution is -0.985. The van der Waals surface area contributed by atoms with Crippen LogP contribution < -0.4 is 12.4 Å². The highest BCUT2D eigenvalue weighted by Gasteiger charge is 2.37. The van der Waals surface area contributed by atoms with E-state index >= 15 is 0 Å². The normalized spacial score (nSPS) is 12.4. The first-order valence-corrected chi connectivity index (χ1v) is 5.37. The molecule has 0 aromatic carbocycles. The number of halogens is 1. The third-order valence-electron chi connectivity index (χ3n) is 3.37. The van der Waals surface area contributed by atoms with Crippen molar-refractivity contribution in [1.82, 2.24) is 0 Å². The first-order valence-electron chi connectivity index (χ1n) is 5.37. The molecule has 1 N–H and O–H groups in total. The molecule has 0 atom stereocenters. The Labute approximate surface area is 95.3 Å². The van der Waals surface area contributed by atoms with Crippen LogP contribution >= 0.6 is 0 Å². The van der Waals surface area contributed by atoms with Gasteiger partial charge >= 0.3 is 0 Å². The van der Waals surface area contributed by atoms with Crippen LogP contribution in [0.1, 0.15) is 41.5 Å². The zero-order valence-corrected chi connectivity index (χ0v) is 11.2. The molecule has 0 saturated heterocycles. The number of aliphatic hydroxyl groups is 1. The summed E-state index contributed by atoms with van der Waals surface area (Å²) in [7, 11) is 0. The van der Waals surface area contributed by atoms with Crippen molar-refractivity contribution >= 4 is 0 Å². The van der Waals surface area contributed by atoms with Crippen LogP contribution in [0.25, 0.3) is 0 Å². The van der Waals surface area contributed by atoms with Crippen LogP contribution in [-0.2, 0) is 0 Å². The minimum atomic E-state index is 0. The van der Waals surface area contributed by atoms with Crippen LogP contribution in [0.2, 0.25) is 0 Å². The fourth-order valence-corrected chi connectivity index (χ4v) is 2.74. The highest BCUT2D eigenvalue weighted by atomic mass is 35.5. The van der Waals surface area contributed by atoms with Crippen LogP contribution in [0, 0.1) is 0 Å². The molecule has 0 amide bonds. The Morgan fingerprint density at radius 3 is 1.21 bits per heavy atom. The Hall–Kier alpha value is 0.210. The first kappa shape index (κ1) is 16.6. The molecule has 0 rings (SSSR count). The second kappa shape index (κ2) is 6.65. The van der Waals surface area contributed by atoms with Gasteiger partial charge in [0.2, 0.25) is 0 Å². The van der Waals surface area contributed by atoms with E-state index in [0.717, 1.165) is 11.0 Å². The van der Waals surface area contributed by atoms with E-state index in [4.69, 9.17) is 5.11 Å². The maximum absolute atomic E-state index is 9.13. The Morgan fingerprint density at radius 1 is 0.857 bits per heavy atom. The molecule has 0 fully saturated rings. The summed E-state index contributed by atoms with van der Waals surface area (Å²) in [6, 6.07) is 1.73.